The summed E-state index contributed by atoms with van der Waals surface area (Å²) in [4.78, 5) is 16.3. The fourth-order valence-electron chi connectivity index (χ4n) is 2.52. The number of aliphatic hydroxyl groups excluding tert-OH is 2. The van der Waals surface area contributed by atoms with Crippen LogP contribution in [0.2, 0.25) is 0 Å². The van der Waals surface area contributed by atoms with Crippen LogP contribution in [-0.4, -0.2) is 40.3 Å². The number of hydrogen-bond donors (Lipinski definition) is 6. The number of nitrogens with one attached hydrogen (secondary N) is 3. The molecular formula is C18H22FN5O4. The predicted octanol–water partition coefficient (Wildman–Crippen LogP) is 1.51. The van der Waals surface area contributed by atoms with Crippen LogP contribution < -0.4 is 16.4 Å². The number of nitrogens with zero attached hydrogens (tertiary/aromatic N) is 1. The van der Waals surface area contributed by atoms with Crippen LogP contribution in [0, 0.1) is 11.2 Å². The van der Waals surface area contributed by atoms with Gasteiger partial charge in [-0.2, -0.15) is 0 Å². The molecule has 7 N–H and O–H groups in total. The number of hydrogen-bond acceptors (Lipinski definition) is 7. The van der Waals surface area contributed by atoms with Crippen molar-refractivity contribution >= 4 is 23.4 Å². The third-order valence-electron chi connectivity index (χ3n) is 3.79. The smallest absolute Gasteiger partial charge is 0.320 e. The molecule has 1 atom stereocenters. The van der Waals surface area contributed by atoms with Gasteiger partial charge in [0.15, 0.2) is 0 Å². The van der Waals surface area contributed by atoms with Crippen molar-refractivity contribution in [2.45, 2.75) is 19.6 Å². The van der Waals surface area contributed by atoms with Gasteiger partial charge in [-0.1, -0.05) is 12.1 Å². The maximum absolute atomic E-state index is 13.0. The Balaban J connectivity index is 2.15. The molecule has 0 aliphatic carbocycles. The van der Waals surface area contributed by atoms with Gasteiger partial charge in [0.05, 0.1) is 37.1 Å². The number of halogens is 1. The Kier molecular flexibility index (Phi) is 7.24. The van der Waals surface area contributed by atoms with Gasteiger partial charge >= 0.3 is 6.03 Å². The number of urea groups is 1. The largest absolute Gasteiger partial charge is 0.478 e. The Morgan fingerprint density at radius 3 is 2.61 bits per heavy atom. The van der Waals surface area contributed by atoms with Crippen molar-refractivity contribution in [1.82, 2.24) is 10.3 Å². The summed E-state index contributed by atoms with van der Waals surface area (Å²) in [6.45, 7) is 1.04. The Morgan fingerprint density at radius 2 is 2.04 bits per heavy atom. The van der Waals surface area contributed by atoms with Crippen LogP contribution in [0.5, 0.6) is 0 Å². The molecule has 0 aliphatic rings. The normalized spacial score (nSPS) is 11.6. The molecule has 0 aliphatic heterocycles. The van der Waals surface area contributed by atoms with Crippen molar-refractivity contribution < 1.29 is 24.1 Å². The number of carbonyl (C=O) groups excluding carboxylic acids is 1. The average molecular weight is 391 g/mol. The molecule has 2 rings (SSSR count). The third kappa shape index (κ3) is 5.15. The number of aromatic nitrogens is 1. The Labute approximate surface area is 160 Å². The zero-order valence-corrected chi connectivity index (χ0v) is 15.2. The van der Waals surface area contributed by atoms with Gasteiger partial charge in [-0.3, -0.25) is 10.7 Å². The number of anilines is 2. The van der Waals surface area contributed by atoms with Crippen LogP contribution in [-0.2, 0) is 11.3 Å². The van der Waals surface area contributed by atoms with Crippen LogP contribution in [0.25, 0.3) is 0 Å². The first-order valence-electron chi connectivity index (χ1n) is 8.45. The van der Waals surface area contributed by atoms with Gasteiger partial charge in [0.1, 0.15) is 11.6 Å². The van der Waals surface area contributed by atoms with Gasteiger partial charge < -0.3 is 26.0 Å². The average Bonchev–Trinajstić information content (AvgIpc) is 2.66. The fraction of sp³-hybridized carbons (Fsp3) is 0.278. The summed E-state index contributed by atoms with van der Waals surface area (Å²) in [5.74, 6) is -0.620. The van der Waals surface area contributed by atoms with Crippen LogP contribution in [0.1, 0.15) is 29.8 Å². The highest BCUT2D eigenvalue weighted by Gasteiger charge is 2.18. The van der Waals surface area contributed by atoms with E-state index in [4.69, 9.17) is 15.9 Å². The van der Waals surface area contributed by atoms with Gasteiger partial charge in [0.2, 0.25) is 5.90 Å². The molecule has 2 amide bonds. The number of ether oxygens (including phenoxy) is 1. The van der Waals surface area contributed by atoms with Gasteiger partial charge in [-0.15, -0.1) is 0 Å². The zero-order chi connectivity index (χ0) is 20.7. The summed E-state index contributed by atoms with van der Waals surface area (Å²) in [7, 11) is 0. The van der Waals surface area contributed by atoms with Crippen LogP contribution >= 0.6 is 0 Å². The number of nitrogen functional groups attached to an aromatic ring is 1. The molecule has 0 fully saturated rings. The molecule has 1 heterocycles. The van der Waals surface area contributed by atoms with E-state index in [9.17, 15) is 19.4 Å². The number of amides is 2. The van der Waals surface area contributed by atoms with Crippen LogP contribution in [0.15, 0.2) is 30.3 Å². The number of nitrogens with two attached hydrogens (primary N) is 1. The highest BCUT2D eigenvalue weighted by atomic mass is 19.1. The van der Waals surface area contributed by atoms with E-state index in [1.165, 1.54) is 30.3 Å². The summed E-state index contributed by atoms with van der Waals surface area (Å²) >= 11 is 0. The number of pyridine rings is 1. The minimum atomic E-state index is -0.763. The Bertz CT molecular complexity index is 845. The van der Waals surface area contributed by atoms with Gasteiger partial charge in [-0.25, -0.2) is 14.2 Å². The first kappa shape index (κ1) is 21.1. The lowest BCUT2D eigenvalue weighted by Gasteiger charge is -2.18. The maximum Gasteiger partial charge on any atom is 0.320 e. The SMILES string of the molecule is CCOC(=N)c1c(N)cc(NC(=O)N[C@H](CO)c2ccc(F)cc2)nc1CO. The molecular weight excluding hydrogens is 369 g/mol. The molecule has 0 unspecified atom stereocenters. The first-order valence-corrected chi connectivity index (χ1v) is 8.45. The first-order chi connectivity index (χ1) is 13.4. The monoisotopic (exact) mass is 391 g/mol. The summed E-state index contributed by atoms with van der Waals surface area (Å²) < 4.78 is 18.1. The number of aliphatic hydroxyl groups is 2. The van der Waals surface area contributed by atoms with Gasteiger partial charge in [-0.05, 0) is 24.6 Å². The summed E-state index contributed by atoms with van der Waals surface area (Å²) in [6, 6.07) is 5.22. The van der Waals surface area contributed by atoms with E-state index in [-0.39, 0.29) is 35.3 Å². The second kappa shape index (κ2) is 9.62. The van der Waals surface area contributed by atoms with E-state index in [2.05, 4.69) is 15.6 Å². The van der Waals surface area contributed by atoms with Crippen LogP contribution in [0.3, 0.4) is 0 Å². The zero-order valence-electron chi connectivity index (χ0n) is 15.2. The lowest BCUT2D eigenvalue weighted by molar-refractivity contribution is 0.225. The Morgan fingerprint density at radius 1 is 1.36 bits per heavy atom. The molecule has 9 nitrogen and oxygen atoms in total. The molecule has 0 saturated heterocycles. The van der Waals surface area contributed by atoms with Crippen molar-refractivity contribution in [2.24, 2.45) is 0 Å². The molecule has 28 heavy (non-hydrogen) atoms. The summed E-state index contributed by atoms with van der Waals surface area (Å²) in [5, 5.41) is 31.8. The molecule has 1 aromatic carbocycles. The van der Waals surface area contributed by atoms with E-state index in [0.717, 1.165) is 0 Å². The molecule has 150 valence electrons. The third-order valence-corrected chi connectivity index (χ3v) is 3.79. The maximum atomic E-state index is 13.0. The topological polar surface area (TPSA) is 154 Å². The highest BCUT2D eigenvalue weighted by molar-refractivity contribution is 5.99. The van der Waals surface area contributed by atoms with Crippen molar-refractivity contribution in [3.63, 3.8) is 0 Å². The quantitative estimate of drug-likeness (QED) is 0.311. The summed E-state index contributed by atoms with van der Waals surface area (Å²) in [5.41, 5.74) is 6.76. The lowest BCUT2D eigenvalue weighted by Crippen LogP contribution is -2.34. The Hall–Kier alpha value is -3.24. The fourth-order valence-corrected chi connectivity index (χ4v) is 2.52. The molecule has 0 radical (unpaired) electrons. The molecule has 0 saturated carbocycles. The highest BCUT2D eigenvalue weighted by Crippen LogP contribution is 2.21. The van der Waals surface area contributed by atoms with Gasteiger partial charge in [0.25, 0.3) is 0 Å². The van der Waals surface area contributed by atoms with Crippen molar-refractivity contribution in [3.8, 4) is 0 Å². The molecule has 2 aromatic rings. The summed E-state index contributed by atoms with van der Waals surface area (Å²) in [6.07, 6.45) is 0. The molecule has 0 bridgehead atoms. The molecule has 10 heteroatoms. The lowest BCUT2D eigenvalue weighted by atomic mass is 10.1. The van der Waals surface area contributed by atoms with E-state index < -0.39 is 31.1 Å². The second-order valence-corrected chi connectivity index (χ2v) is 5.72. The minimum Gasteiger partial charge on any atom is -0.478 e. The van der Waals surface area contributed by atoms with Crippen LogP contribution in [0.4, 0.5) is 20.7 Å². The van der Waals surface area contributed by atoms with Crippen molar-refractivity contribution in [2.75, 3.05) is 24.3 Å². The number of rotatable bonds is 7. The standard InChI is InChI=1S/C18H22FN5O4/c1-2-28-17(21)16-12(20)7-15(22-14(16)9-26)24-18(27)23-13(8-25)10-3-5-11(19)6-4-10/h3-7,13,21,25-26H,2,8-9H2,1H3,(H4,20,22,23,24,27)/t13-/m1/s1. The van der Waals surface area contributed by atoms with Crippen molar-refractivity contribution in [1.29, 1.82) is 5.41 Å². The van der Waals surface area contributed by atoms with E-state index >= 15 is 0 Å². The van der Waals surface area contributed by atoms with Crippen molar-refractivity contribution in [3.05, 3.63) is 53.0 Å². The van der Waals surface area contributed by atoms with E-state index in [1.54, 1.807) is 6.92 Å². The van der Waals surface area contributed by atoms with E-state index in [1.807, 2.05) is 0 Å². The predicted molar refractivity (Wildman–Crippen MR) is 101 cm³/mol. The molecule has 1 aromatic heterocycles. The number of benzene rings is 1. The minimum absolute atomic E-state index is 0.0443. The molecule has 0 spiro atoms. The van der Waals surface area contributed by atoms with Gasteiger partial charge in [0, 0.05) is 11.8 Å². The van der Waals surface area contributed by atoms with E-state index in [0.29, 0.717) is 5.56 Å². The number of carbonyl (C=O) groups is 1. The second-order valence-electron chi connectivity index (χ2n) is 5.72.